The van der Waals surface area contributed by atoms with Gasteiger partial charge >= 0.3 is 92.7 Å². The molecular weight excluding hydrogens is 360 g/mol. The fraction of sp³-hybridized carbons (Fsp3) is 0. The number of hydrogen-bond donors (Lipinski definition) is 0. The molecule has 0 bridgehead atoms. The summed E-state index contributed by atoms with van der Waals surface area (Å²) in [5.74, 6) is 0. The van der Waals surface area contributed by atoms with Crippen molar-refractivity contribution in [3.63, 3.8) is 0 Å². The summed E-state index contributed by atoms with van der Waals surface area (Å²) in [6, 6.07) is 0. The Balaban J connectivity index is -0.0000000457. The van der Waals surface area contributed by atoms with Gasteiger partial charge in [-0.25, -0.2) is 0 Å². The molecule has 0 aliphatic carbocycles. The van der Waals surface area contributed by atoms with E-state index in [1.54, 1.807) is 0 Å². The first kappa shape index (κ1) is 23.2. The van der Waals surface area contributed by atoms with E-state index in [2.05, 4.69) is 0 Å². The van der Waals surface area contributed by atoms with E-state index in [4.69, 9.17) is 32.1 Å². The molecule has 0 spiro atoms. The Hall–Kier alpha value is 1.10. The Bertz CT molecular complexity index is 213. The molecule has 12 heavy (non-hydrogen) atoms. The average molecular weight is 360 g/mol. The zero-order chi connectivity index (χ0) is 9.00. The van der Waals surface area contributed by atoms with Crippen molar-refractivity contribution in [3.05, 3.63) is 0 Å². The summed E-state index contributed by atoms with van der Waals surface area (Å²) in [7, 11) is 0. The molecule has 12 heteroatoms. The standard InChI is InChI=1S/Co.Cu.2Mn.8O/q2*+2;;;;;;;4*-1. The quantitative estimate of drug-likeness (QED) is 0.387. The Labute approximate surface area is 92.2 Å². The van der Waals surface area contributed by atoms with Crippen molar-refractivity contribution < 1.29 is 92.7 Å². The number of hydrogen-bond acceptors (Lipinski definition) is 8. The normalized spacial score (nSPS) is 9.67. The van der Waals surface area contributed by atoms with Crippen LogP contribution >= 0.6 is 0 Å². The van der Waals surface area contributed by atoms with Gasteiger partial charge in [0.15, 0.2) is 0 Å². The summed E-state index contributed by atoms with van der Waals surface area (Å²) in [6.45, 7) is 0. The molecular formula is CoCuMn2O8. The second-order valence-corrected chi connectivity index (χ2v) is 3.12. The molecule has 0 aromatic carbocycles. The average Bonchev–Trinajstić information content (AvgIpc) is 1.12. The van der Waals surface area contributed by atoms with Crippen molar-refractivity contribution >= 4 is 0 Å². The summed E-state index contributed by atoms with van der Waals surface area (Å²) in [4.78, 5) is 0. The van der Waals surface area contributed by atoms with E-state index >= 15 is 0 Å². The van der Waals surface area contributed by atoms with Crippen molar-refractivity contribution in [2.75, 3.05) is 0 Å². The first-order valence-electron chi connectivity index (χ1n) is 1.23. The van der Waals surface area contributed by atoms with E-state index in [1.165, 1.54) is 0 Å². The molecule has 0 aliphatic rings. The fourth-order valence-electron chi connectivity index (χ4n) is 0. The topological polar surface area (TPSA) is 161 Å². The van der Waals surface area contributed by atoms with Crippen molar-refractivity contribution in [2.45, 2.75) is 0 Å². The van der Waals surface area contributed by atoms with Crippen LogP contribution < -0.4 is 16.8 Å². The molecule has 0 aliphatic heterocycles. The van der Waals surface area contributed by atoms with Crippen molar-refractivity contribution in [1.82, 2.24) is 0 Å². The van der Waals surface area contributed by atoms with Crippen LogP contribution in [0.25, 0.3) is 0 Å². The van der Waals surface area contributed by atoms with E-state index in [0.29, 0.717) is 0 Å². The van der Waals surface area contributed by atoms with Crippen LogP contribution in [0.2, 0.25) is 0 Å². The molecule has 0 heterocycles. The van der Waals surface area contributed by atoms with Crippen LogP contribution in [0.15, 0.2) is 0 Å². The van der Waals surface area contributed by atoms with Gasteiger partial charge in [0, 0.05) is 0 Å². The maximum atomic E-state index is 8.58. The molecule has 0 N–H and O–H groups in total. The van der Waals surface area contributed by atoms with Crippen LogP contribution in [0, 0.1) is 0 Å². The van der Waals surface area contributed by atoms with Crippen molar-refractivity contribution in [2.24, 2.45) is 0 Å². The van der Waals surface area contributed by atoms with Crippen LogP contribution in [0.3, 0.4) is 0 Å². The van der Waals surface area contributed by atoms with E-state index in [0.717, 1.165) is 0 Å². The van der Waals surface area contributed by atoms with Gasteiger partial charge in [0.05, 0.1) is 0 Å². The minimum absolute atomic E-state index is 0. The summed E-state index contributed by atoms with van der Waals surface area (Å²) >= 11 is -11.2. The molecule has 82 valence electrons. The van der Waals surface area contributed by atoms with Gasteiger partial charge in [0.2, 0.25) is 0 Å². The van der Waals surface area contributed by atoms with Gasteiger partial charge in [0.25, 0.3) is 0 Å². The maximum absolute atomic E-state index is 8.58. The second kappa shape index (κ2) is 8.69. The summed E-state index contributed by atoms with van der Waals surface area (Å²) in [5, 5.41) is 0. The monoisotopic (exact) mass is 360 g/mol. The van der Waals surface area contributed by atoms with Crippen molar-refractivity contribution in [1.29, 1.82) is 0 Å². The molecule has 0 saturated heterocycles. The minimum atomic E-state index is -5.62. The van der Waals surface area contributed by atoms with Gasteiger partial charge in [-0.1, -0.05) is 0 Å². The predicted octanol–water partition coefficient (Wildman–Crippen LogP) is -5.24. The van der Waals surface area contributed by atoms with Crippen molar-refractivity contribution in [3.8, 4) is 0 Å². The van der Waals surface area contributed by atoms with Gasteiger partial charge in [-0.3, -0.25) is 0 Å². The Morgan fingerprint density at radius 1 is 0.667 bits per heavy atom. The van der Waals surface area contributed by atoms with Gasteiger partial charge in [-0.05, 0) is 0 Å². The van der Waals surface area contributed by atoms with Gasteiger partial charge in [0.1, 0.15) is 0 Å². The van der Waals surface area contributed by atoms with Crippen LogP contribution in [-0.2, 0) is 75.9 Å². The third-order valence-electron chi connectivity index (χ3n) is 0. The van der Waals surface area contributed by atoms with E-state index in [1.807, 2.05) is 0 Å². The third kappa shape index (κ3) is 929. The molecule has 0 aromatic rings. The first-order chi connectivity index (χ1) is 4.00. The van der Waals surface area contributed by atoms with Gasteiger partial charge in [-0.15, -0.1) is 0 Å². The van der Waals surface area contributed by atoms with Gasteiger partial charge < -0.3 is 0 Å². The molecule has 0 aromatic heterocycles. The van der Waals surface area contributed by atoms with Crippen LogP contribution in [-0.4, -0.2) is 0 Å². The van der Waals surface area contributed by atoms with Crippen LogP contribution in [0.1, 0.15) is 0 Å². The summed E-state index contributed by atoms with van der Waals surface area (Å²) in [6.07, 6.45) is 0. The SMILES string of the molecule is [Co+2].[Cu+2].[O]=[Mn](=[O])([O-])[O-].[O]=[Mn](=[O])([O-])[O-]. The molecule has 0 unspecified atom stereocenters. The molecule has 0 atom stereocenters. The predicted molar refractivity (Wildman–Crippen MR) is 2.75 cm³/mol. The zero-order valence-corrected chi connectivity index (χ0v) is 9.00. The molecule has 2 radical (unpaired) electrons. The summed E-state index contributed by atoms with van der Waals surface area (Å²) in [5.41, 5.74) is 0. The van der Waals surface area contributed by atoms with Gasteiger partial charge in [-0.2, -0.15) is 0 Å². The van der Waals surface area contributed by atoms with Crippen LogP contribution in [0.4, 0.5) is 0 Å². The molecule has 8 nitrogen and oxygen atoms in total. The molecule has 0 fully saturated rings. The Kier molecular flexibility index (Phi) is 16.8. The second-order valence-electron chi connectivity index (χ2n) is 0.756. The fourth-order valence-corrected chi connectivity index (χ4v) is 0. The van der Waals surface area contributed by atoms with E-state index in [9.17, 15) is 0 Å². The zero-order valence-electron chi connectivity index (χ0n) is 4.66. The molecule has 0 rings (SSSR count). The molecule has 0 amide bonds. The number of rotatable bonds is 0. The van der Waals surface area contributed by atoms with Crippen LogP contribution in [0.5, 0.6) is 0 Å². The van der Waals surface area contributed by atoms with E-state index in [-0.39, 0.29) is 33.8 Å². The Morgan fingerprint density at radius 3 is 0.667 bits per heavy atom. The van der Waals surface area contributed by atoms with E-state index < -0.39 is 26.7 Å². The first-order valence-corrected chi connectivity index (χ1v) is 5.09. The third-order valence-corrected chi connectivity index (χ3v) is 0. The molecule has 0 saturated carbocycles. The summed E-state index contributed by atoms with van der Waals surface area (Å²) < 4.78 is 68.6. The Morgan fingerprint density at radius 2 is 0.667 bits per heavy atom.